The van der Waals surface area contributed by atoms with Crippen molar-refractivity contribution in [3.63, 3.8) is 0 Å². The Labute approximate surface area is 118 Å². The van der Waals surface area contributed by atoms with E-state index in [1.54, 1.807) is 25.6 Å². The van der Waals surface area contributed by atoms with Gasteiger partial charge in [0.1, 0.15) is 11.5 Å². The van der Waals surface area contributed by atoms with E-state index in [-0.39, 0.29) is 6.04 Å². The SMILES string of the molecule is CNC(c1cc(OC)cc(OC)c1)c1ccc(C)s1. The maximum Gasteiger partial charge on any atom is 0.122 e. The number of methoxy groups -OCH3 is 2. The van der Waals surface area contributed by atoms with Gasteiger partial charge in [0.05, 0.1) is 20.3 Å². The summed E-state index contributed by atoms with van der Waals surface area (Å²) in [6, 6.07) is 10.4. The average molecular weight is 277 g/mol. The van der Waals surface area contributed by atoms with Crippen LogP contribution in [0.25, 0.3) is 0 Å². The summed E-state index contributed by atoms with van der Waals surface area (Å²) in [7, 11) is 5.30. The Morgan fingerprint density at radius 2 is 1.68 bits per heavy atom. The Kier molecular flexibility index (Phi) is 4.45. The molecule has 1 unspecified atom stereocenters. The number of benzene rings is 1. The molecule has 1 atom stereocenters. The van der Waals surface area contributed by atoms with Crippen LogP contribution in [0.3, 0.4) is 0 Å². The quantitative estimate of drug-likeness (QED) is 0.909. The average Bonchev–Trinajstić information content (AvgIpc) is 2.85. The van der Waals surface area contributed by atoms with E-state index >= 15 is 0 Å². The van der Waals surface area contributed by atoms with Crippen LogP contribution < -0.4 is 14.8 Å². The predicted molar refractivity (Wildman–Crippen MR) is 79.5 cm³/mol. The molecule has 1 N–H and O–H groups in total. The van der Waals surface area contributed by atoms with Gasteiger partial charge in [0, 0.05) is 15.8 Å². The first-order chi connectivity index (χ1) is 9.17. The number of rotatable bonds is 5. The summed E-state index contributed by atoms with van der Waals surface area (Å²) >= 11 is 1.80. The lowest BCUT2D eigenvalue weighted by atomic mass is 10.0. The van der Waals surface area contributed by atoms with Crippen LogP contribution in [0.15, 0.2) is 30.3 Å². The van der Waals surface area contributed by atoms with E-state index < -0.39 is 0 Å². The molecule has 0 saturated carbocycles. The van der Waals surface area contributed by atoms with E-state index in [1.165, 1.54) is 9.75 Å². The van der Waals surface area contributed by atoms with E-state index in [4.69, 9.17) is 9.47 Å². The lowest BCUT2D eigenvalue weighted by molar-refractivity contribution is 0.392. The van der Waals surface area contributed by atoms with Crippen LogP contribution >= 0.6 is 11.3 Å². The van der Waals surface area contributed by atoms with E-state index in [0.717, 1.165) is 17.1 Å². The molecule has 3 nitrogen and oxygen atoms in total. The number of thiophene rings is 1. The third kappa shape index (κ3) is 3.08. The van der Waals surface area contributed by atoms with Crippen LogP contribution in [-0.2, 0) is 0 Å². The van der Waals surface area contributed by atoms with Crippen LogP contribution in [0.4, 0.5) is 0 Å². The molecule has 0 aliphatic rings. The van der Waals surface area contributed by atoms with Crippen LogP contribution in [0, 0.1) is 6.92 Å². The molecule has 1 heterocycles. The number of hydrogen-bond donors (Lipinski definition) is 1. The smallest absolute Gasteiger partial charge is 0.122 e. The molecule has 0 fully saturated rings. The topological polar surface area (TPSA) is 30.5 Å². The third-order valence-electron chi connectivity index (χ3n) is 3.04. The second-order valence-corrected chi connectivity index (χ2v) is 5.64. The minimum absolute atomic E-state index is 0.155. The minimum atomic E-state index is 0.155. The molecule has 0 bridgehead atoms. The Hall–Kier alpha value is -1.52. The molecule has 4 heteroatoms. The van der Waals surface area contributed by atoms with Gasteiger partial charge in [-0.05, 0) is 43.8 Å². The zero-order chi connectivity index (χ0) is 13.8. The van der Waals surface area contributed by atoms with Crippen molar-refractivity contribution in [1.29, 1.82) is 0 Å². The fraction of sp³-hybridized carbons (Fsp3) is 0.333. The zero-order valence-corrected chi connectivity index (χ0v) is 12.5. The molecule has 1 aromatic heterocycles. The first-order valence-electron chi connectivity index (χ1n) is 6.14. The predicted octanol–water partition coefficient (Wildman–Crippen LogP) is 3.38. The van der Waals surface area contributed by atoms with Gasteiger partial charge >= 0.3 is 0 Å². The maximum atomic E-state index is 5.33. The highest BCUT2D eigenvalue weighted by Gasteiger charge is 2.16. The van der Waals surface area contributed by atoms with E-state index in [0.29, 0.717) is 0 Å². The first kappa shape index (κ1) is 13.9. The largest absolute Gasteiger partial charge is 0.497 e. The fourth-order valence-corrected chi connectivity index (χ4v) is 3.09. The molecule has 1 aromatic carbocycles. The lowest BCUT2D eigenvalue weighted by Gasteiger charge is -2.17. The van der Waals surface area contributed by atoms with Gasteiger partial charge in [0.15, 0.2) is 0 Å². The highest BCUT2D eigenvalue weighted by molar-refractivity contribution is 7.12. The number of hydrogen-bond acceptors (Lipinski definition) is 4. The van der Waals surface area contributed by atoms with Crippen molar-refractivity contribution >= 4 is 11.3 Å². The second kappa shape index (κ2) is 6.08. The zero-order valence-electron chi connectivity index (χ0n) is 11.7. The fourth-order valence-electron chi connectivity index (χ4n) is 2.08. The van der Waals surface area contributed by atoms with Crippen molar-refractivity contribution < 1.29 is 9.47 Å². The lowest BCUT2D eigenvalue weighted by Crippen LogP contribution is -2.16. The summed E-state index contributed by atoms with van der Waals surface area (Å²) in [5.74, 6) is 1.62. The Morgan fingerprint density at radius 3 is 2.11 bits per heavy atom. The van der Waals surface area contributed by atoms with Gasteiger partial charge < -0.3 is 14.8 Å². The van der Waals surface area contributed by atoms with E-state index in [9.17, 15) is 0 Å². The summed E-state index contributed by atoms with van der Waals surface area (Å²) < 4.78 is 10.7. The molecular formula is C15H19NO2S. The molecule has 0 saturated heterocycles. The van der Waals surface area contributed by atoms with Crippen molar-refractivity contribution in [1.82, 2.24) is 5.32 Å². The van der Waals surface area contributed by atoms with Crippen molar-refractivity contribution in [2.24, 2.45) is 0 Å². The Morgan fingerprint density at radius 1 is 1.05 bits per heavy atom. The highest BCUT2D eigenvalue weighted by Crippen LogP contribution is 2.32. The second-order valence-electron chi connectivity index (χ2n) is 4.32. The molecule has 0 amide bonds. The molecule has 0 spiro atoms. The van der Waals surface area contributed by atoms with Crippen LogP contribution in [0.5, 0.6) is 11.5 Å². The van der Waals surface area contributed by atoms with Crippen LogP contribution in [0.1, 0.15) is 21.4 Å². The summed E-state index contributed by atoms with van der Waals surface area (Å²) in [5, 5.41) is 3.35. The van der Waals surface area contributed by atoms with Gasteiger partial charge in [-0.2, -0.15) is 0 Å². The van der Waals surface area contributed by atoms with Crippen molar-refractivity contribution in [3.8, 4) is 11.5 Å². The number of ether oxygens (including phenoxy) is 2. The summed E-state index contributed by atoms with van der Waals surface area (Å²) in [5.41, 5.74) is 1.14. The van der Waals surface area contributed by atoms with Crippen LogP contribution in [-0.4, -0.2) is 21.3 Å². The van der Waals surface area contributed by atoms with Crippen molar-refractivity contribution in [2.45, 2.75) is 13.0 Å². The Balaban J connectivity index is 2.42. The van der Waals surface area contributed by atoms with Gasteiger partial charge in [-0.1, -0.05) is 0 Å². The minimum Gasteiger partial charge on any atom is -0.497 e. The van der Waals surface area contributed by atoms with E-state index in [2.05, 4.69) is 24.4 Å². The number of nitrogens with one attached hydrogen (secondary N) is 1. The van der Waals surface area contributed by atoms with Gasteiger partial charge in [0.2, 0.25) is 0 Å². The standard InChI is InChI=1S/C15H19NO2S/c1-10-5-6-14(19-10)15(16-2)11-7-12(17-3)9-13(8-11)18-4/h5-9,15-16H,1-4H3. The van der Waals surface area contributed by atoms with E-state index in [1.807, 2.05) is 25.2 Å². The summed E-state index contributed by atoms with van der Waals surface area (Å²) in [6.45, 7) is 2.12. The molecule has 2 aromatic rings. The molecule has 0 radical (unpaired) electrons. The van der Waals surface area contributed by atoms with Crippen molar-refractivity contribution in [3.05, 3.63) is 45.6 Å². The molecular weight excluding hydrogens is 258 g/mol. The molecule has 19 heavy (non-hydrogen) atoms. The maximum absolute atomic E-state index is 5.33. The molecule has 2 rings (SSSR count). The van der Waals surface area contributed by atoms with Crippen molar-refractivity contribution in [2.75, 3.05) is 21.3 Å². The highest BCUT2D eigenvalue weighted by atomic mass is 32.1. The van der Waals surface area contributed by atoms with Crippen LogP contribution in [0.2, 0.25) is 0 Å². The number of aryl methyl sites for hydroxylation is 1. The van der Waals surface area contributed by atoms with Gasteiger partial charge in [-0.25, -0.2) is 0 Å². The van der Waals surface area contributed by atoms with Gasteiger partial charge in [-0.3, -0.25) is 0 Å². The third-order valence-corrected chi connectivity index (χ3v) is 4.11. The normalized spacial score (nSPS) is 12.2. The monoisotopic (exact) mass is 277 g/mol. The summed E-state index contributed by atoms with van der Waals surface area (Å²) in [4.78, 5) is 2.60. The first-order valence-corrected chi connectivity index (χ1v) is 6.96. The summed E-state index contributed by atoms with van der Waals surface area (Å²) in [6.07, 6.45) is 0. The van der Waals surface area contributed by atoms with Gasteiger partial charge in [0.25, 0.3) is 0 Å². The molecule has 102 valence electrons. The molecule has 0 aliphatic carbocycles. The Bertz CT molecular complexity index is 529. The van der Waals surface area contributed by atoms with Gasteiger partial charge in [-0.15, -0.1) is 11.3 Å². The molecule has 0 aliphatic heterocycles.